The highest BCUT2D eigenvalue weighted by Crippen LogP contribution is 2.35. The number of nitrogens with zero attached hydrogens (tertiary/aromatic N) is 1. The fourth-order valence-corrected chi connectivity index (χ4v) is 2.54. The first kappa shape index (κ1) is 14.8. The molecule has 0 saturated carbocycles. The second-order valence-corrected chi connectivity index (χ2v) is 5.63. The molecular formula is C11H12BrClF3N. The van der Waals surface area contributed by atoms with E-state index in [-0.39, 0.29) is 15.8 Å². The highest BCUT2D eigenvalue weighted by molar-refractivity contribution is 9.09. The summed E-state index contributed by atoms with van der Waals surface area (Å²) < 4.78 is 37.3. The average Bonchev–Trinajstić information content (AvgIpc) is 2.19. The van der Waals surface area contributed by atoms with Crippen LogP contribution in [0.4, 0.5) is 13.2 Å². The van der Waals surface area contributed by atoms with E-state index in [1.54, 1.807) is 0 Å². The van der Waals surface area contributed by atoms with E-state index in [0.717, 1.165) is 18.7 Å². The summed E-state index contributed by atoms with van der Waals surface area (Å²) in [7, 11) is 0. The van der Waals surface area contributed by atoms with Gasteiger partial charge in [0.2, 0.25) is 0 Å². The van der Waals surface area contributed by atoms with Crippen LogP contribution in [0.2, 0.25) is 5.02 Å². The van der Waals surface area contributed by atoms with Gasteiger partial charge in [-0.25, -0.2) is 0 Å². The zero-order valence-corrected chi connectivity index (χ0v) is 11.7. The van der Waals surface area contributed by atoms with Crippen molar-refractivity contribution in [2.45, 2.75) is 37.2 Å². The Balaban J connectivity index is 3.13. The van der Waals surface area contributed by atoms with Crippen LogP contribution in [0.15, 0.2) is 12.3 Å². The number of hydrogen-bond donors (Lipinski definition) is 0. The molecule has 1 heterocycles. The summed E-state index contributed by atoms with van der Waals surface area (Å²) in [5.74, 6) is 0.00443. The van der Waals surface area contributed by atoms with Gasteiger partial charge in [-0.15, -0.1) is 0 Å². The Bertz CT molecular complexity index is 393. The molecule has 0 bridgehead atoms. The van der Waals surface area contributed by atoms with Gasteiger partial charge in [-0.05, 0) is 12.5 Å². The van der Waals surface area contributed by atoms with E-state index in [0.29, 0.717) is 5.69 Å². The largest absolute Gasteiger partial charge is 0.417 e. The number of alkyl halides is 4. The summed E-state index contributed by atoms with van der Waals surface area (Å²) in [6.45, 7) is 3.86. The van der Waals surface area contributed by atoms with Crippen molar-refractivity contribution in [2.75, 3.05) is 0 Å². The molecule has 1 aromatic heterocycles. The molecular weight excluding hydrogens is 318 g/mol. The molecule has 0 spiro atoms. The molecule has 0 saturated heterocycles. The second kappa shape index (κ2) is 5.57. The lowest BCUT2D eigenvalue weighted by molar-refractivity contribution is -0.137. The summed E-state index contributed by atoms with van der Waals surface area (Å²) in [6.07, 6.45) is -2.82. The summed E-state index contributed by atoms with van der Waals surface area (Å²) in [5, 5.41) is 0.0676. The van der Waals surface area contributed by atoms with Gasteiger partial charge in [0, 0.05) is 16.9 Å². The van der Waals surface area contributed by atoms with Crippen LogP contribution in [0.3, 0.4) is 0 Å². The van der Waals surface area contributed by atoms with Crippen molar-refractivity contribution in [1.29, 1.82) is 0 Å². The molecule has 0 radical (unpaired) electrons. The average molecular weight is 331 g/mol. The van der Waals surface area contributed by atoms with Gasteiger partial charge in [0.15, 0.2) is 0 Å². The lowest BCUT2D eigenvalue weighted by Crippen LogP contribution is -2.12. The summed E-state index contributed by atoms with van der Waals surface area (Å²) in [5.41, 5.74) is -0.310. The Morgan fingerprint density at radius 3 is 2.41 bits per heavy atom. The van der Waals surface area contributed by atoms with E-state index in [1.807, 2.05) is 13.8 Å². The van der Waals surface area contributed by atoms with Gasteiger partial charge in [0.1, 0.15) is 0 Å². The van der Waals surface area contributed by atoms with Crippen molar-refractivity contribution in [1.82, 2.24) is 4.98 Å². The van der Waals surface area contributed by atoms with E-state index >= 15 is 0 Å². The van der Waals surface area contributed by atoms with E-state index in [2.05, 4.69) is 20.9 Å². The fourth-order valence-electron chi connectivity index (χ4n) is 1.61. The minimum absolute atomic E-state index is 0.00443. The first-order valence-corrected chi connectivity index (χ1v) is 6.43. The molecule has 0 aliphatic carbocycles. The van der Waals surface area contributed by atoms with Gasteiger partial charge >= 0.3 is 6.18 Å². The van der Waals surface area contributed by atoms with Gasteiger partial charge < -0.3 is 0 Å². The molecule has 1 rings (SSSR count). The van der Waals surface area contributed by atoms with Crippen LogP contribution in [0.25, 0.3) is 0 Å². The van der Waals surface area contributed by atoms with E-state index in [4.69, 9.17) is 11.6 Å². The monoisotopic (exact) mass is 329 g/mol. The standard InChI is InChI=1S/C11H12BrClF3N/c1-3-8(6(2)12)10-9(13)4-7(5-17-10)11(14,15)16/h4-6,8H,3H2,1-2H3. The van der Waals surface area contributed by atoms with Crippen molar-refractivity contribution in [2.24, 2.45) is 0 Å². The SMILES string of the molecule is CCC(c1ncc(C(F)(F)F)cc1Cl)C(C)Br. The van der Waals surface area contributed by atoms with Crippen LogP contribution in [-0.4, -0.2) is 9.81 Å². The third-order valence-corrected chi connectivity index (χ3v) is 3.48. The van der Waals surface area contributed by atoms with E-state index in [1.165, 1.54) is 0 Å². The molecule has 0 aromatic carbocycles. The Labute approximate surface area is 112 Å². The van der Waals surface area contributed by atoms with Crippen LogP contribution in [0, 0.1) is 0 Å². The first-order valence-electron chi connectivity index (χ1n) is 5.14. The molecule has 0 amide bonds. The van der Waals surface area contributed by atoms with E-state index in [9.17, 15) is 13.2 Å². The van der Waals surface area contributed by atoms with Crippen LogP contribution >= 0.6 is 27.5 Å². The van der Waals surface area contributed by atoms with Gasteiger partial charge in [0.05, 0.1) is 16.3 Å². The molecule has 0 N–H and O–H groups in total. The van der Waals surface area contributed by atoms with Crippen molar-refractivity contribution in [3.05, 3.63) is 28.5 Å². The van der Waals surface area contributed by atoms with Crippen LogP contribution in [-0.2, 0) is 6.18 Å². The van der Waals surface area contributed by atoms with Crippen LogP contribution in [0.5, 0.6) is 0 Å². The molecule has 17 heavy (non-hydrogen) atoms. The molecule has 0 fully saturated rings. The first-order chi connectivity index (χ1) is 7.77. The molecule has 1 nitrogen and oxygen atoms in total. The Morgan fingerprint density at radius 2 is 2.06 bits per heavy atom. The summed E-state index contributed by atoms with van der Waals surface area (Å²) >= 11 is 9.28. The lowest BCUT2D eigenvalue weighted by atomic mass is 9.98. The minimum atomic E-state index is -4.41. The smallest absolute Gasteiger partial charge is 0.259 e. The molecule has 2 unspecified atom stereocenters. The highest BCUT2D eigenvalue weighted by atomic mass is 79.9. The zero-order valence-electron chi connectivity index (χ0n) is 9.35. The molecule has 1 aromatic rings. The van der Waals surface area contributed by atoms with Crippen LogP contribution < -0.4 is 0 Å². The van der Waals surface area contributed by atoms with Crippen LogP contribution in [0.1, 0.15) is 37.4 Å². The van der Waals surface area contributed by atoms with Crippen molar-refractivity contribution in [3.8, 4) is 0 Å². The molecule has 6 heteroatoms. The summed E-state index contributed by atoms with van der Waals surface area (Å²) in [6, 6.07) is 0.932. The van der Waals surface area contributed by atoms with Crippen molar-refractivity contribution < 1.29 is 13.2 Å². The predicted molar refractivity (Wildman–Crippen MR) is 65.7 cm³/mol. The predicted octanol–water partition coefficient (Wildman–Crippen LogP) is 5.03. The number of pyridine rings is 1. The minimum Gasteiger partial charge on any atom is -0.259 e. The van der Waals surface area contributed by atoms with Crippen molar-refractivity contribution in [3.63, 3.8) is 0 Å². The van der Waals surface area contributed by atoms with Gasteiger partial charge in [-0.2, -0.15) is 13.2 Å². The maximum Gasteiger partial charge on any atom is 0.417 e. The molecule has 2 atom stereocenters. The molecule has 0 aliphatic heterocycles. The lowest BCUT2D eigenvalue weighted by Gasteiger charge is -2.19. The topological polar surface area (TPSA) is 12.9 Å². The second-order valence-electron chi connectivity index (χ2n) is 3.78. The fraction of sp³-hybridized carbons (Fsp3) is 0.545. The van der Waals surface area contributed by atoms with E-state index < -0.39 is 11.7 Å². The zero-order chi connectivity index (χ0) is 13.2. The normalized spacial score (nSPS) is 15.7. The highest BCUT2D eigenvalue weighted by Gasteiger charge is 2.32. The third kappa shape index (κ3) is 3.58. The van der Waals surface area contributed by atoms with Crippen molar-refractivity contribution >= 4 is 27.5 Å². The Kier molecular flexibility index (Phi) is 4.84. The Hall–Kier alpha value is -0.290. The van der Waals surface area contributed by atoms with Gasteiger partial charge in [0.25, 0.3) is 0 Å². The maximum absolute atomic E-state index is 12.4. The number of aromatic nitrogens is 1. The third-order valence-electron chi connectivity index (χ3n) is 2.54. The van der Waals surface area contributed by atoms with Gasteiger partial charge in [-0.1, -0.05) is 41.4 Å². The Morgan fingerprint density at radius 1 is 1.47 bits per heavy atom. The number of halogens is 5. The number of rotatable bonds is 3. The van der Waals surface area contributed by atoms with Gasteiger partial charge in [-0.3, -0.25) is 4.98 Å². The maximum atomic E-state index is 12.4. The number of hydrogen-bond acceptors (Lipinski definition) is 1. The molecule has 0 aliphatic rings. The quantitative estimate of drug-likeness (QED) is 0.708. The molecule has 96 valence electrons. The summed E-state index contributed by atoms with van der Waals surface area (Å²) in [4.78, 5) is 3.96.